The van der Waals surface area contributed by atoms with E-state index in [9.17, 15) is 28.6 Å². The number of ether oxygens (including phenoxy) is 1. The Balaban J connectivity index is 1.71. The van der Waals surface area contributed by atoms with E-state index < -0.39 is 35.1 Å². The quantitative estimate of drug-likeness (QED) is 0.292. The molecule has 9 heteroatoms. The maximum atomic E-state index is 14.1. The molecule has 178 valence electrons. The van der Waals surface area contributed by atoms with Gasteiger partial charge in [0, 0.05) is 23.7 Å². The van der Waals surface area contributed by atoms with Crippen molar-refractivity contribution in [1.29, 1.82) is 0 Å². The van der Waals surface area contributed by atoms with Gasteiger partial charge in [0.15, 0.2) is 11.6 Å². The molecule has 0 radical (unpaired) electrons. The molecule has 0 aliphatic carbocycles. The number of halogens is 3. The highest BCUT2D eigenvalue weighted by Crippen LogP contribution is 2.44. The highest BCUT2D eigenvalue weighted by atomic mass is 35.5. The van der Waals surface area contributed by atoms with Crippen LogP contribution in [0.2, 0.25) is 5.02 Å². The highest BCUT2D eigenvalue weighted by Gasteiger charge is 2.47. The normalized spacial score (nSPS) is 20.7. The molecule has 35 heavy (non-hydrogen) atoms. The van der Waals surface area contributed by atoms with E-state index in [4.69, 9.17) is 16.3 Å². The number of Topliss-reactive ketones (excluding diaryl/α,β-unsaturated/α-hetero) is 1. The summed E-state index contributed by atoms with van der Waals surface area (Å²) < 4.78 is 33.3. The maximum absolute atomic E-state index is 14.1. The van der Waals surface area contributed by atoms with Crippen LogP contribution in [0, 0.1) is 11.6 Å². The molecule has 0 aromatic heterocycles. The third-order valence-corrected chi connectivity index (χ3v) is 6.39. The van der Waals surface area contributed by atoms with Gasteiger partial charge in [0.2, 0.25) is 0 Å². The number of aliphatic hydroxyl groups excluding tert-OH is 1. The van der Waals surface area contributed by atoms with Crippen molar-refractivity contribution in [3.8, 4) is 11.5 Å². The first-order chi connectivity index (χ1) is 16.7. The van der Waals surface area contributed by atoms with Crippen molar-refractivity contribution in [2.24, 2.45) is 0 Å². The summed E-state index contributed by atoms with van der Waals surface area (Å²) >= 11 is 6.09. The van der Waals surface area contributed by atoms with Crippen molar-refractivity contribution < 1.29 is 33.3 Å². The van der Waals surface area contributed by atoms with Crippen LogP contribution < -0.4 is 9.64 Å². The predicted molar refractivity (Wildman–Crippen MR) is 124 cm³/mol. The number of anilines is 1. The first-order valence-electron chi connectivity index (χ1n) is 10.7. The number of phenols is 1. The predicted octanol–water partition coefficient (Wildman–Crippen LogP) is 5.27. The fourth-order valence-electron chi connectivity index (χ4n) is 4.47. The molecule has 0 bridgehead atoms. The van der Waals surface area contributed by atoms with Gasteiger partial charge >= 0.3 is 0 Å². The van der Waals surface area contributed by atoms with Crippen molar-refractivity contribution in [3.63, 3.8) is 0 Å². The second-order valence-electron chi connectivity index (χ2n) is 8.43. The monoisotopic (exact) mass is 497 g/mol. The highest BCUT2D eigenvalue weighted by molar-refractivity contribution is 6.51. The van der Waals surface area contributed by atoms with E-state index in [1.54, 1.807) is 18.2 Å². The molecule has 1 saturated heterocycles. The third kappa shape index (κ3) is 3.80. The summed E-state index contributed by atoms with van der Waals surface area (Å²) in [4.78, 5) is 27.3. The van der Waals surface area contributed by atoms with Crippen molar-refractivity contribution in [3.05, 3.63) is 93.5 Å². The molecule has 2 atom stereocenters. The van der Waals surface area contributed by atoms with Crippen molar-refractivity contribution in [1.82, 2.24) is 0 Å². The average Bonchev–Trinajstić information content (AvgIpc) is 3.32. The van der Waals surface area contributed by atoms with Gasteiger partial charge in [-0.25, -0.2) is 8.78 Å². The minimum Gasteiger partial charge on any atom is -0.507 e. The molecular weight excluding hydrogens is 480 g/mol. The van der Waals surface area contributed by atoms with E-state index in [0.29, 0.717) is 17.7 Å². The minimum atomic E-state index is -1.22. The van der Waals surface area contributed by atoms with Crippen molar-refractivity contribution in [2.75, 3.05) is 4.90 Å². The van der Waals surface area contributed by atoms with Crippen LogP contribution in [0.1, 0.15) is 29.7 Å². The number of aromatic hydroxyl groups is 1. The first-order valence-corrected chi connectivity index (χ1v) is 11.1. The number of phenolic OH excluding ortho intramolecular Hbond substituents is 1. The van der Waals surface area contributed by atoms with Gasteiger partial charge in [-0.2, -0.15) is 0 Å². The van der Waals surface area contributed by atoms with Crippen LogP contribution in [-0.4, -0.2) is 28.0 Å². The number of hydrogen-bond acceptors (Lipinski definition) is 5. The van der Waals surface area contributed by atoms with Crippen LogP contribution in [0.5, 0.6) is 11.5 Å². The summed E-state index contributed by atoms with van der Waals surface area (Å²) in [6.45, 7) is 1.90. The summed E-state index contributed by atoms with van der Waals surface area (Å²) in [5, 5.41) is 21.1. The van der Waals surface area contributed by atoms with Gasteiger partial charge in [-0.1, -0.05) is 17.7 Å². The largest absolute Gasteiger partial charge is 0.507 e. The van der Waals surface area contributed by atoms with Crippen LogP contribution >= 0.6 is 11.6 Å². The number of fused-ring (bicyclic) bond motifs is 1. The van der Waals surface area contributed by atoms with Crippen molar-refractivity contribution in [2.45, 2.75) is 25.5 Å². The summed E-state index contributed by atoms with van der Waals surface area (Å²) in [5.74, 6) is -4.38. The number of benzene rings is 3. The zero-order chi connectivity index (χ0) is 25.0. The molecule has 5 rings (SSSR count). The smallest absolute Gasteiger partial charge is 0.300 e. The van der Waals surface area contributed by atoms with E-state index in [0.717, 1.165) is 28.7 Å². The Morgan fingerprint density at radius 3 is 2.54 bits per heavy atom. The lowest BCUT2D eigenvalue weighted by Crippen LogP contribution is -2.29. The van der Waals surface area contributed by atoms with E-state index in [1.165, 1.54) is 18.2 Å². The summed E-state index contributed by atoms with van der Waals surface area (Å²) in [5.41, 5.74) is 1.06. The Morgan fingerprint density at radius 1 is 1.06 bits per heavy atom. The van der Waals surface area contributed by atoms with Crippen LogP contribution in [0.15, 0.2) is 60.2 Å². The second kappa shape index (κ2) is 8.39. The molecule has 2 heterocycles. The number of aliphatic hydroxyl groups is 1. The van der Waals surface area contributed by atoms with Gasteiger partial charge in [-0.15, -0.1) is 0 Å². The molecule has 3 aromatic carbocycles. The number of hydrogen-bond donors (Lipinski definition) is 2. The van der Waals surface area contributed by atoms with Gasteiger partial charge in [-0.3, -0.25) is 14.5 Å². The molecule has 0 saturated carbocycles. The van der Waals surface area contributed by atoms with Crippen LogP contribution in [-0.2, 0) is 16.0 Å². The third-order valence-electron chi connectivity index (χ3n) is 6.08. The molecule has 0 spiro atoms. The summed E-state index contributed by atoms with van der Waals surface area (Å²) in [6, 6.07) is 10.5. The fourth-order valence-corrected chi connectivity index (χ4v) is 4.66. The Hall–Kier alpha value is -3.91. The van der Waals surface area contributed by atoms with E-state index >= 15 is 0 Å². The Morgan fingerprint density at radius 2 is 1.83 bits per heavy atom. The molecule has 2 unspecified atom stereocenters. The minimum absolute atomic E-state index is 0.0412. The summed E-state index contributed by atoms with van der Waals surface area (Å²) in [7, 11) is 0. The first kappa shape index (κ1) is 22.9. The van der Waals surface area contributed by atoms with Gasteiger partial charge in [-0.05, 0) is 60.5 Å². The number of nitrogens with zero attached hydrogens (tertiary/aromatic N) is 1. The zero-order valence-corrected chi connectivity index (χ0v) is 19.0. The van der Waals surface area contributed by atoms with Gasteiger partial charge in [0.1, 0.15) is 23.4 Å². The van der Waals surface area contributed by atoms with Crippen LogP contribution in [0.25, 0.3) is 5.76 Å². The number of carbonyl (C=O) groups excluding carboxylic acids is 2. The zero-order valence-electron chi connectivity index (χ0n) is 18.3. The van der Waals surface area contributed by atoms with E-state index in [2.05, 4.69) is 0 Å². The molecule has 3 aromatic rings. The van der Waals surface area contributed by atoms with Gasteiger partial charge in [0.05, 0.1) is 16.6 Å². The fraction of sp³-hybridized carbons (Fsp3) is 0.154. The maximum Gasteiger partial charge on any atom is 0.300 e. The summed E-state index contributed by atoms with van der Waals surface area (Å²) in [6.07, 6.45) is 0.567. The number of carbonyl (C=O) groups is 2. The molecule has 2 aliphatic heterocycles. The SMILES string of the molecule is CC1Cc2cc(/C(O)=C3/C(=O)C(=O)N(c4ccc(F)c(F)c4)C3c3ccc(O)c(Cl)c3)ccc2O1. The number of amides is 1. The Bertz CT molecular complexity index is 1440. The molecule has 1 fully saturated rings. The van der Waals surface area contributed by atoms with Gasteiger partial charge < -0.3 is 14.9 Å². The topological polar surface area (TPSA) is 87.1 Å². The van der Waals surface area contributed by atoms with Crippen LogP contribution in [0.4, 0.5) is 14.5 Å². The van der Waals surface area contributed by atoms with Gasteiger partial charge in [0.25, 0.3) is 11.7 Å². The molecule has 2 aliphatic rings. The molecule has 2 N–H and O–H groups in total. The second-order valence-corrected chi connectivity index (χ2v) is 8.84. The lowest BCUT2D eigenvalue weighted by Gasteiger charge is -2.25. The molecule has 1 amide bonds. The molecule has 6 nitrogen and oxygen atoms in total. The van der Waals surface area contributed by atoms with Crippen molar-refractivity contribution >= 4 is 34.7 Å². The number of rotatable bonds is 3. The van der Waals surface area contributed by atoms with Crippen LogP contribution in [0.3, 0.4) is 0 Å². The average molecular weight is 498 g/mol. The standard InChI is InChI=1S/C26H18ClF2NO5/c1-12-8-15-9-14(3-7-21(15)35-12)24(32)22-23(13-2-6-20(31)17(27)10-13)30(26(34)25(22)33)16-4-5-18(28)19(29)11-16/h2-7,9-12,23,31-32H,8H2,1H3/b24-22-. The van der Waals surface area contributed by atoms with E-state index in [1.807, 2.05) is 6.92 Å². The lowest BCUT2D eigenvalue weighted by molar-refractivity contribution is -0.132. The Kier molecular flexibility index (Phi) is 5.48. The lowest BCUT2D eigenvalue weighted by atomic mass is 9.94. The number of ketones is 1. The van der Waals surface area contributed by atoms with E-state index in [-0.39, 0.29) is 33.7 Å². The Labute approximate surface area is 203 Å². The molecular formula is C26H18ClF2NO5.